The molecule has 0 bridgehead atoms. The van der Waals surface area contributed by atoms with E-state index in [0.717, 1.165) is 32.0 Å². The summed E-state index contributed by atoms with van der Waals surface area (Å²) in [5.41, 5.74) is 0. The van der Waals surface area contributed by atoms with Crippen molar-refractivity contribution in [1.82, 2.24) is 0 Å². The van der Waals surface area contributed by atoms with E-state index in [2.05, 4.69) is 0 Å². The van der Waals surface area contributed by atoms with Crippen LogP contribution in [0.3, 0.4) is 0 Å². The molecule has 0 radical (unpaired) electrons. The monoisotopic (exact) mass is 346 g/mol. The van der Waals surface area contributed by atoms with E-state index in [0.29, 0.717) is 19.3 Å². The highest BCUT2D eigenvalue weighted by Crippen LogP contribution is 2.12. The first-order valence-corrected chi connectivity index (χ1v) is 10.2. The average Bonchev–Trinajstić information content (AvgIpc) is 3.34. The Morgan fingerprint density at radius 2 is 1.48 bits per heavy atom. The molecule has 0 aromatic heterocycles. The fourth-order valence-electron chi connectivity index (χ4n) is 2.36. The lowest BCUT2D eigenvalue weighted by Gasteiger charge is -2.05. The molecule has 1 saturated heterocycles. The molecule has 0 aliphatic carbocycles. The lowest BCUT2D eigenvalue weighted by Crippen LogP contribution is -2.08. The highest BCUT2D eigenvalue weighted by molar-refractivity contribution is 8.13. The zero-order chi connectivity index (χ0) is 16.6. The van der Waals surface area contributed by atoms with Gasteiger partial charge in [0, 0.05) is 19.3 Å². The molecular weight excluding hydrogens is 312 g/mol. The van der Waals surface area contributed by atoms with Crippen LogP contribution in [0.4, 0.5) is 0 Å². The second-order valence-corrected chi connectivity index (χ2v) is 7.44. The molecule has 0 N–H and O–H groups in total. The lowest BCUT2D eigenvalue weighted by atomic mass is 10.1. The van der Waals surface area contributed by atoms with Crippen LogP contribution in [-0.2, 0) is 19.0 Å². The Bertz CT molecular complexity index is 282. The Labute approximate surface area is 146 Å². The van der Waals surface area contributed by atoms with Gasteiger partial charge in [-0.3, -0.25) is 4.79 Å². The summed E-state index contributed by atoms with van der Waals surface area (Å²) in [5, 5.41) is 0.245. The van der Waals surface area contributed by atoms with Crippen LogP contribution in [0, 0.1) is 0 Å². The molecule has 1 atom stereocenters. The van der Waals surface area contributed by atoms with Gasteiger partial charge in [-0.15, -0.1) is 0 Å². The fourth-order valence-corrected chi connectivity index (χ4v) is 2.99. The van der Waals surface area contributed by atoms with Gasteiger partial charge in [0.2, 0.25) is 0 Å². The van der Waals surface area contributed by atoms with E-state index >= 15 is 0 Å². The molecule has 0 saturated carbocycles. The molecule has 136 valence electrons. The fraction of sp³-hybridized carbons (Fsp3) is 0.944. The summed E-state index contributed by atoms with van der Waals surface area (Å²) in [4.78, 5) is 10.8. The number of carbonyl (C=O) groups is 1. The van der Waals surface area contributed by atoms with Crippen molar-refractivity contribution in [3.63, 3.8) is 0 Å². The Balaban J connectivity index is 1.61. The number of hydrogen-bond acceptors (Lipinski definition) is 5. The van der Waals surface area contributed by atoms with Crippen molar-refractivity contribution in [3.8, 4) is 0 Å². The van der Waals surface area contributed by atoms with Gasteiger partial charge in [-0.2, -0.15) is 0 Å². The van der Waals surface area contributed by atoms with E-state index < -0.39 is 0 Å². The second-order valence-electron chi connectivity index (χ2n) is 6.16. The van der Waals surface area contributed by atoms with E-state index in [9.17, 15) is 4.79 Å². The molecule has 5 heteroatoms. The largest absolute Gasteiger partial charge is 0.379 e. The first-order valence-electron chi connectivity index (χ1n) is 9.19. The third-order valence-electron chi connectivity index (χ3n) is 3.82. The number of ether oxygens (including phenoxy) is 3. The molecule has 0 spiro atoms. The Morgan fingerprint density at radius 1 is 0.913 bits per heavy atom. The van der Waals surface area contributed by atoms with Crippen LogP contribution in [-0.4, -0.2) is 50.0 Å². The summed E-state index contributed by atoms with van der Waals surface area (Å²) in [6.07, 6.45) is 11.9. The van der Waals surface area contributed by atoms with Gasteiger partial charge < -0.3 is 14.2 Å². The Morgan fingerprint density at radius 3 is 2.09 bits per heavy atom. The van der Waals surface area contributed by atoms with Crippen molar-refractivity contribution in [1.29, 1.82) is 0 Å². The zero-order valence-electron chi connectivity index (χ0n) is 14.7. The summed E-state index contributed by atoms with van der Waals surface area (Å²) in [6.45, 7) is 5.48. The molecule has 4 nitrogen and oxygen atoms in total. The summed E-state index contributed by atoms with van der Waals surface area (Å²) in [6, 6.07) is 0. The van der Waals surface area contributed by atoms with E-state index in [1.165, 1.54) is 63.1 Å². The summed E-state index contributed by atoms with van der Waals surface area (Å²) in [5.74, 6) is 0.995. The van der Waals surface area contributed by atoms with Crippen LogP contribution in [0.5, 0.6) is 0 Å². The van der Waals surface area contributed by atoms with Crippen molar-refractivity contribution in [2.45, 2.75) is 70.8 Å². The number of unbranched alkanes of at least 4 members (excludes halogenated alkanes) is 8. The van der Waals surface area contributed by atoms with Crippen LogP contribution in [0.1, 0.15) is 64.7 Å². The SMILES string of the molecule is CC(=O)SCCCCCCCCCCCOCCOCC1CO1. The van der Waals surface area contributed by atoms with Gasteiger partial charge >= 0.3 is 0 Å². The number of carbonyl (C=O) groups excluding carboxylic acids is 1. The molecule has 23 heavy (non-hydrogen) atoms. The van der Waals surface area contributed by atoms with E-state index in [1.54, 1.807) is 6.92 Å². The predicted octanol–water partition coefficient (Wildman–Crippen LogP) is 4.21. The maximum Gasteiger partial charge on any atom is 0.185 e. The summed E-state index contributed by atoms with van der Waals surface area (Å²) in [7, 11) is 0. The summed E-state index contributed by atoms with van der Waals surface area (Å²) >= 11 is 1.46. The number of hydrogen-bond donors (Lipinski definition) is 0. The minimum Gasteiger partial charge on any atom is -0.379 e. The topological polar surface area (TPSA) is 48.1 Å². The second kappa shape index (κ2) is 15.4. The van der Waals surface area contributed by atoms with E-state index in [4.69, 9.17) is 14.2 Å². The van der Waals surface area contributed by atoms with Crippen molar-refractivity contribution in [2.75, 3.05) is 38.8 Å². The zero-order valence-corrected chi connectivity index (χ0v) is 15.5. The maximum absolute atomic E-state index is 10.8. The molecule has 0 aromatic carbocycles. The van der Waals surface area contributed by atoms with Crippen molar-refractivity contribution < 1.29 is 19.0 Å². The minimum atomic E-state index is 0.245. The molecule has 1 aliphatic rings. The van der Waals surface area contributed by atoms with Gasteiger partial charge in [0.15, 0.2) is 5.12 Å². The predicted molar refractivity (Wildman–Crippen MR) is 96.1 cm³/mol. The third kappa shape index (κ3) is 16.5. The van der Waals surface area contributed by atoms with Crippen LogP contribution < -0.4 is 0 Å². The summed E-state index contributed by atoms with van der Waals surface area (Å²) < 4.78 is 16.0. The number of thioether (sulfide) groups is 1. The van der Waals surface area contributed by atoms with E-state index in [1.807, 2.05) is 0 Å². The van der Waals surface area contributed by atoms with Crippen LogP contribution in [0.25, 0.3) is 0 Å². The molecule has 1 aliphatic heterocycles. The van der Waals surface area contributed by atoms with Gasteiger partial charge in [0.25, 0.3) is 0 Å². The Kier molecular flexibility index (Phi) is 14.0. The van der Waals surface area contributed by atoms with Gasteiger partial charge in [0.1, 0.15) is 6.10 Å². The van der Waals surface area contributed by atoms with Gasteiger partial charge in [-0.25, -0.2) is 0 Å². The lowest BCUT2D eigenvalue weighted by molar-refractivity contribution is -0.109. The van der Waals surface area contributed by atoms with Crippen LogP contribution in [0.15, 0.2) is 0 Å². The molecule has 0 aromatic rings. The Hall–Kier alpha value is -0.100. The quantitative estimate of drug-likeness (QED) is 0.292. The highest BCUT2D eigenvalue weighted by atomic mass is 32.2. The number of rotatable bonds is 17. The molecule has 1 unspecified atom stereocenters. The molecule has 1 rings (SSSR count). The van der Waals surface area contributed by atoms with Crippen LogP contribution in [0.2, 0.25) is 0 Å². The van der Waals surface area contributed by atoms with Crippen molar-refractivity contribution in [2.24, 2.45) is 0 Å². The standard InChI is InChI=1S/C18H34O4S/c1-17(19)23-14-10-8-6-4-2-3-5-7-9-11-20-12-13-21-15-18-16-22-18/h18H,2-16H2,1H3. The average molecular weight is 347 g/mol. The first kappa shape index (κ1) is 20.9. The maximum atomic E-state index is 10.8. The number of epoxide rings is 1. The van der Waals surface area contributed by atoms with Gasteiger partial charge in [-0.05, 0) is 12.8 Å². The molecule has 1 heterocycles. The minimum absolute atomic E-state index is 0.245. The molecule has 0 amide bonds. The smallest absolute Gasteiger partial charge is 0.185 e. The van der Waals surface area contributed by atoms with Crippen molar-refractivity contribution in [3.05, 3.63) is 0 Å². The highest BCUT2D eigenvalue weighted by Gasteiger charge is 2.21. The molecular formula is C18H34O4S. The van der Waals surface area contributed by atoms with E-state index in [-0.39, 0.29) is 5.12 Å². The molecule has 1 fully saturated rings. The van der Waals surface area contributed by atoms with Crippen molar-refractivity contribution >= 4 is 16.9 Å². The first-order chi connectivity index (χ1) is 11.3. The normalized spacial score (nSPS) is 16.7. The van der Waals surface area contributed by atoms with Gasteiger partial charge in [-0.1, -0.05) is 56.7 Å². The van der Waals surface area contributed by atoms with Crippen LogP contribution >= 0.6 is 11.8 Å². The third-order valence-corrected chi connectivity index (χ3v) is 4.72. The van der Waals surface area contributed by atoms with Gasteiger partial charge in [0.05, 0.1) is 26.4 Å².